The number of carbonyl (C=O) groups is 1. The Morgan fingerprint density at radius 3 is 2.53 bits per heavy atom. The summed E-state index contributed by atoms with van der Waals surface area (Å²) in [6.45, 7) is 2.74. The van der Waals surface area contributed by atoms with Gasteiger partial charge >= 0.3 is 6.18 Å². The molecule has 8 nitrogen and oxygen atoms in total. The van der Waals surface area contributed by atoms with E-state index in [4.69, 9.17) is 9.47 Å². The van der Waals surface area contributed by atoms with Crippen molar-refractivity contribution >= 4 is 16.8 Å². The maximum absolute atomic E-state index is 14.8. The van der Waals surface area contributed by atoms with E-state index in [1.165, 1.54) is 36.4 Å². The second kappa shape index (κ2) is 10.4. The van der Waals surface area contributed by atoms with Crippen molar-refractivity contribution in [1.82, 2.24) is 20.1 Å². The molecule has 2 N–H and O–H groups in total. The highest BCUT2D eigenvalue weighted by Crippen LogP contribution is 2.49. The van der Waals surface area contributed by atoms with E-state index in [0.717, 1.165) is 25.7 Å². The summed E-state index contributed by atoms with van der Waals surface area (Å²) in [6, 6.07) is 9.67. The van der Waals surface area contributed by atoms with Crippen molar-refractivity contribution in [2.75, 3.05) is 13.2 Å². The molecule has 45 heavy (non-hydrogen) atoms. The first kappa shape index (κ1) is 29.5. The third-order valence-electron chi connectivity index (χ3n) is 9.05. The summed E-state index contributed by atoms with van der Waals surface area (Å²) in [5.41, 5.74) is -3.41. The van der Waals surface area contributed by atoms with E-state index in [1.54, 1.807) is 6.07 Å². The summed E-state index contributed by atoms with van der Waals surface area (Å²) in [7, 11) is 0. The van der Waals surface area contributed by atoms with Crippen molar-refractivity contribution in [3.63, 3.8) is 0 Å². The number of ether oxygens (including phenoxy) is 2. The third-order valence-corrected chi connectivity index (χ3v) is 9.05. The molecule has 2 aromatic carbocycles. The van der Waals surface area contributed by atoms with E-state index in [2.05, 4.69) is 15.4 Å². The smallest absolute Gasteiger partial charge is 0.424 e. The Morgan fingerprint density at radius 2 is 1.89 bits per heavy atom. The topological polar surface area (TPSA) is 98.5 Å². The Hall–Kier alpha value is -4.19. The average Bonchev–Trinajstić information content (AvgIpc) is 3.95. The van der Waals surface area contributed by atoms with Gasteiger partial charge < -0.3 is 19.9 Å². The van der Waals surface area contributed by atoms with Gasteiger partial charge in [-0.1, -0.05) is 13.8 Å². The quantitative estimate of drug-likeness (QED) is 0.211. The molecule has 0 bridgehead atoms. The van der Waals surface area contributed by atoms with Crippen molar-refractivity contribution in [3.8, 4) is 22.8 Å². The number of nitrogens with zero attached hydrogens (tertiary/aromatic N) is 3. The van der Waals surface area contributed by atoms with Gasteiger partial charge in [0.25, 0.3) is 5.91 Å². The molecule has 7 rings (SSSR count). The first-order valence-corrected chi connectivity index (χ1v) is 15.1. The molecule has 236 valence electrons. The van der Waals surface area contributed by atoms with Crippen LogP contribution in [0.4, 0.5) is 17.6 Å². The maximum atomic E-state index is 14.8. The van der Waals surface area contributed by atoms with Crippen LogP contribution in [0.15, 0.2) is 48.7 Å². The molecule has 2 aliphatic carbocycles. The molecule has 0 radical (unpaired) electrons. The number of pyridine rings is 1. The van der Waals surface area contributed by atoms with Crippen molar-refractivity contribution < 1.29 is 36.9 Å². The first-order valence-electron chi connectivity index (χ1n) is 15.1. The highest BCUT2D eigenvalue weighted by molar-refractivity contribution is 6.00. The van der Waals surface area contributed by atoms with Crippen molar-refractivity contribution in [3.05, 3.63) is 71.3 Å². The molecule has 12 heteroatoms. The minimum absolute atomic E-state index is 0.00637. The molecule has 3 heterocycles. The minimum Gasteiger partial charge on any atom is -0.490 e. The highest BCUT2D eigenvalue weighted by Gasteiger charge is 2.57. The molecule has 0 unspecified atom stereocenters. The van der Waals surface area contributed by atoms with Crippen LogP contribution >= 0.6 is 0 Å². The van der Waals surface area contributed by atoms with Gasteiger partial charge in [-0.2, -0.15) is 18.3 Å². The number of aromatic nitrogens is 3. The molecular weight excluding hydrogens is 592 g/mol. The summed E-state index contributed by atoms with van der Waals surface area (Å²) >= 11 is 0. The predicted molar refractivity (Wildman–Crippen MR) is 157 cm³/mol. The van der Waals surface area contributed by atoms with Crippen molar-refractivity contribution in [1.29, 1.82) is 0 Å². The van der Waals surface area contributed by atoms with Gasteiger partial charge in [0.15, 0.2) is 0 Å². The van der Waals surface area contributed by atoms with Crippen LogP contribution in [0.3, 0.4) is 0 Å². The van der Waals surface area contributed by atoms with Crippen LogP contribution < -0.4 is 14.8 Å². The Kier molecular flexibility index (Phi) is 6.84. The molecule has 4 aromatic rings. The molecule has 3 aliphatic rings. The fraction of sp³-hybridized carbons (Fsp3) is 0.424. The molecule has 1 aliphatic heterocycles. The summed E-state index contributed by atoms with van der Waals surface area (Å²) in [5.74, 6) is -0.662. The zero-order chi connectivity index (χ0) is 31.7. The number of nitrogens with one attached hydrogen (secondary N) is 1. The van der Waals surface area contributed by atoms with Gasteiger partial charge in [0.05, 0.1) is 31.0 Å². The summed E-state index contributed by atoms with van der Waals surface area (Å²) < 4.78 is 71.9. The number of amides is 1. The normalized spacial score (nSPS) is 20.9. The van der Waals surface area contributed by atoms with E-state index < -0.39 is 41.2 Å². The number of rotatable bonds is 9. The monoisotopic (exact) mass is 624 g/mol. The largest absolute Gasteiger partial charge is 0.490 e. The van der Waals surface area contributed by atoms with Crippen molar-refractivity contribution in [2.45, 2.75) is 75.3 Å². The number of carbonyl (C=O) groups excluding carboxylic acids is 1. The van der Waals surface area contributed by atoms with Crippen molar-refractivity contribution in [2.24, 2.45) is 0 Å². The number of benzene rings is 2. The fourth-order valence-corrected chi connectivity index (χ4v) is 5.63. The second-order valence-electron chi connectivity index (χ2n) is 12.6. The van der Waals surface area contributed by atoms with Gasteiger partial charge in [-0.05, 0) is 74.6 Å². The first-order chi connectivity index (χ1) is 21.4. The lowest BCUT2D eigenvalue weighted by atomic mass is 9.80. The molecular formula is C33H32F4N4O4. The highest BCUT2D eigenvalue weighted by atomic mass is 19.4. The lowest BCUT2D eigenvalue weighted by Gasteiger charge is -2.31. The Bertz CT molecular complexity index is 1800. The predicted octanol–water partition coefficient (Wildman–Crippen LogP) is 6.35. The van der Waals surface area contributed by atoms with Crippen LogP contribution in [0.2, 0.25) is 0 Å². The van der Waals surface area contributed by atoms with Crippen LogP contribution in [-0.4, -0.2) is 51.2 Å². The van der Waals surface area contributed by atoms with Crippen LogP contribution in [0, 0.1) is 5.82 Å². The standard InChI is InChI=1S/C33H32F4N4O4/c1-3-31(2)17-44-29-24(31)14-26(39-28(29)18-4-6-21(34)7-5-18)32(43,33(35,36)37)16-38-30(42)19-12-20-15-41(22-8-9-22)40-27(20)25(13-19)45-23-10-11-23/h4-7,12-15,22-23,43H,3,8-11,16-17H2,1-2H3,(H,38,42)/t31-,32+/m1/s1. The van der Waals surface area contributed by atoms with Crippen LogP contribution in [-0.2, 0) is 11.0 Å². The van der Waals surface area contributed by atoms with Crippen LogP contribution in [0.1, 0.15) is 73.6 Å². The average molecular weight is 625 g/mol. The number of fused-ring (bicyclic) bond motifs is 2. The number of halogens is 4. The number of hydrogen-bond donors (Lipinski definition) is 2. The van der Waals surface area contributed by atoms with Gasteiger partial charge in [-0.3, -0.25) is 9.48 Å². The summed E-state index contributed by atoms with van der Waals surface area (Å²) in [4.78, 5) is 17.7. The van der Waals surface area contributed by atoms with Crippen LogP contribution in [0.25, 0.3) is 22.2 Å². The summed E-state index contributed by atoms with van der Waals surface area (Å²) in [6.07, 6.45) is 0.877. The second-order valence-corrected chi connectivity index (χ2v) is 12.6. The molecule has 2 atom stereocenters. The third kappa shape index (κ3) is 5.28. The minimum atomic E-state index is -5.22. The number of hydrogen-bond acceptors (Lipinski definition) is 6. The molecule has 2 aromatic heterocycles. The fourth-order valence-electron chi connectivity index (χ4n) is 5.63. The van der Waals surface area contributed by atoms with Gasteiger partial charge in [0, 0.05) is 33.7 Å². The summed E-state index contributed by atoms with van der Waals surface area (Å²) in [5, 5.41) is 19.0. The van der Waals surface area contributed by atoms with E-state index in [0.29, 0.717) is 34.2 Å². The number of aliphatic hydroxyl groups is 1. The van der Waals surface area contributed by atoms with Gasteiger partial charge in [-0.15, -0.1) is 0 Å². The number of alkyl halides is 3. The lowest BCUT2D eigenvalue weighted by molar-refractivity contribution is -0.265. The lowest BCUT2D eigenvalue weighted by Crippen LogP contribution is -2.51. The Balaban J connectivity index is 1.25. The molecule has 1 amide bonds. The Labute approximate surface area is 256 Å². The van der Waals surface area contributed by atoms with E-state index >= 15 is 0 Å². The van der Waals surface area contributed by atoms with E-state index in [9.17, 15) is 27.5 Å². The molecule has 0 saturated heterocycles. The molecule has 0 spiro atoms. The maximum Gasteiger partial charge on any atom is 0.424 e. The van der Waals surface area contributed by atoms with Gasteiger partial charge in [-0.25, -0.2) is 9.37 Å². The molecule has 2 saturated carbocycles. The van der Waals surface area contributed by atoms with Gasteiger partial charge in [0.2, 0.25) is 5.60 Å². The molecule has 2 fully saturated rings. The van der Waals surface area contributed by atoms with Crippen LogP contribution in [0.5, 0.6) is 11.5 Å². The Morgan fingerprint density at radius 1 is 1.16 bits per heavy atom. The zero-order valence-corrected chi connectivity index (χ0v) is 24.7. The SMILES string of the molecule is CC[C@]1(C)COc2c1cc([C@@](O)(CNC(=O)c1cc(OC3CC3)c3nn(C4CC4)cc3c1)C(F)(F)F)nc2-c1ccc(F)cc1. The van der Waals surface area contributed by atoms with E-state index in [1.807, 2.05) is 24.7 Å². The zero-order valence-electron chi connectivity index (χ0n) is 24.7. The van der Waals surface area contributed by atoms with Gasteiger partial charge in [0.1, 0.15) is 28.5 Å². The van der Waals surface area contributed by atoms with E-state index in [-0.39, 0.29) is 35.8 Å².